The van der Waals surface area contributed by atoms with Gasteiger partial charge >= 0.3 is 0 Å². The standard InChI is InChI=1S/C16H25NO/c1-4-5-14(17-3)7-8-15-11-13-10-12(2)6-9-16(13)18-15/h6,9-10,14-15,17H,4-5,7-8,11H2,1-3H3. The van der Waals surface area contributed by atoms with Crippen molar-refractivity contribution < 1.29 is 4.74 Å². The number of nitrogens with one attached hydrogen (secondary N) is 1. The maximum Gasteiger partial charge on any atom is 0.123 e. The lowest BCUT2D eigenvalue weighted by molar-refractivity contribution is 0.210. The second kappa shape index (κ2) is 6.24. The van der Waals surface area contributed by atoms with Crippen LogP contribution in [0.25, 0.3) is 0 Å². The van der Waals surface area contributed by atoms with Gasteiger partial charge < -0.3 is 10.1 Å². The van der Waals surface area contributed by atoms with Crippen molar-refractivity contribution >= 4 is 0 Å². The molecule has 2 atom stereocenters. The highest BCUT2D eigenvalue weighted by atomic mass is 16.5. The van der Waals surface area contributed by atoms with E-state index in [1.807, 2.05) is 0 Å². The fourth-order valence-electron chi connectivity index (χ4n) is 2.78. The molecule has 0 bridgehead atoms. The predicted molar refractivity (Wildman–Crippen MR) is 76.3 cm³/mol. The topological polar surface area (TPSA) is 21.3 Å². The molecule has 100 valence electrons. The van der Waals surface area contributed by atoms with E-state index in [1.54, 1.807) is 0 Å². The Balaban J connectivity index is 1.84. The third-order valence-corrected chi connectivity index (χ3v) is 3.84. The Labute approximate surface area is 111 Å². The molecule has 0 aromatic heterocycles. The molecule has 2 rings (SSSR count). The summed E-state index contributed by atoms with van der Waals surface area (Å²) in [6, 6.07) is 7.15. The molecule has 0 saturated heterocycles. The summed E-state index contributed by atoms with van der Waals surface area (Å²) in [6.07, 6.45) is 6.33. The van der Waals surface area contributed by atoms with E-state index in [2.05, 4.69) is 44.4 Å². The Kier molecular flexibility index (Phi) is 4.65. The van der Waals surface area contributed by atoms with Crippen molar-refractivity contribution in [2.75, 3.05) is 7.05 Å². The predicted octanol–water partition coefficient (Wildman–Crippen LogP) is 3.47. The first-order valence-corrected chi connectivity index (χ1v) is 7.16. The van der Waals surface area contributed by atoms with Crippen LogP contribution in [-0.2, 0) is 6.42 Å². The van der Waals surface area contributed by atoms with E-state index < -0.39 is 0 Å². The summed E-state index contributed by atoms with van der Waals surface area (Å²) in [5, 5.41) is 3.40. The Morgan fingerprint density at radius 3 is 2.94 bits per heavy atom. The molecule has 0 saturated carbocycles. The molecule has 0 amide bonds. The van der Waals surface area contributed by atoms with Gasteiger partial charge in [0, 0.05) is 12.5 Å². The third-order valence-electron chi connectivity index (χ3n) is 3.84. The summed E-state index contributed by atoms with van der Waals surface area (Å²) < 4.78 is 6.01. The van der Waals surface area contributed by atoms with Crippen LogP contribution in [0.2, 0.25) is 0 Å². The van der Waals surface area contributed by atoms with Gasteiger partial charge in [0.05, 0.1) is 0 Å². The van der Waals surface area contributed by atoms with Gasteiger partial charge in [-0.1, -0.05) is 31.0 Å². The van der Waals surface area contributed by atoms with E-state index in [4.69, 9.17) is 4.74 Å². The first-order valence-electron chi connectivity index (χ1n) is 7.16. The minimum atomic E-state index is 0.384. The number of benzene rings is 1. The smallest absolute Gasteiger partial charge is 0.123 e. The Morgan fingerprint density at radius 1 is 1.39 bits per heavy atom. The average Bonchev–Trinajstić information content (AvgIpc) is 2.76. The van der Waals surface area contributed by atoms with Gasteiger partial charge in [-0.2, -0.15) is 0 Å². The van der Waals surface area contributed by atoms with Gasteiger partial charge in [-0.15, -0.1) is 0 Å². The van der Waals surface area contributed by atoms with Crippen molar-refractivity contribution in [2.45, 2.75) is 58.1 Å². The lowest BCUT2D eigenvalue weighted by Crippen LogP contribution is -2.27. The maximum absolute atomic E-state index is 6.01. The minimum absolute atomic E-state index is 0.384. The highest BCUT2D eigenvalue weighted by molar-refractivity contribution is 5.40. The molecular formula is C16H25NO. The van der Waals surface area contributed by atoms with Crippen molar-refractivity contribution in [2.24, 2.45) is 0 Å². The molecule has 1 heterocycles. The van der Waals surface area contributed by atoms with E-state index in [0.29, 0.717) is 12.1 Å². The lowest BCUT2D eigenvalue weighted by Gasteiger charge is -2.17. The van der Waals surface area contributed by atoms with Crippen LogP contribution >= 0.6 is 0 Å². The lowest BCUT2D eigenvalue weighted by atomic mass is 10.0. The van der Waals surface area contributed by atoms with Crippen LogP contribution < -0.4 is 10.1 Å². The zero-order valence-electron chi connectivity index (χ0n) is 11.8. The van der Waals surface area contributed by atoms with Crippen LogP contribution in [0.1, 0.15) is 43.7 Å². The molecule has 0 fully saturated rings. The molecule has 2 unspecified atom stereocenters. The van der Waals surface area contributed by atoms with Crippen molar-refractivity contribution in [1.29, 1.82) is 0 Å². The van der Waals surface area contributed by atoms with Crippen LogP contribution in [0.15, 0.2) is 18.2 Å². The SMILES string of the molecule is CCCC(CCC1Cc2cc(C)ccc2O1)NC. The van der Waals surface area contributed by atoms with Crippen LogP contribution in [-0.4, -0.2) is 19.2 Å². The van der Waals surface area contributed by atoms with E-state index in [0.717, 1.165) is 18.6 Å². The molecule has 1 N–H and O–H groups in total. The average molecular weight is 247 g/mol. The maximum atomic E-state index is 6.01. The number of hydrogen-bond donors (Lipinski definition) is 1. The molecule has 2 heteroatoms. The second-order valence-corrected chi connectivity index (χ2v) is 5.41. The molecule has 0 spiro atoms. The Bertz CT molecular complexity index is 389. The monoisotopic (exact) mass is 247 g/mol. The molecular weight excluding hydrogens is 222 g/mol. The number of aryl methyl sites for hydroxylation is 1. The summed E-state index contributed by atoms with van der Waals surface area (Å²) in [5.74, 6) is 1.10. The summed E-state index contributed by atoms with van der Waals surface area (Å²) in [4.78, 5) is 0. The first kappa shape index (κ1) is 13.4. The number of fused-ring (bicyclic) bond motifs is 1. The van der Waals surface area contributed by atoms with Crippen molar-refractivity contribution in [3.8, 4) is 5.75 Å². The molecule has 0 aliphatic carbocycles. The van der Waals surface area contributed by atoms with Crippen LogP contribution in [0.4, 0.5) is 0 Å². The van der Waals surface area contributed by atoms with E-state index in [1.165, 1.54) is 30.4 Å². The van der Waals surface area contributed by atoms with Crippen molar-refractivity contribution in [3.05, 3.63) is 29.3 Å². The van der Waals surface area contributed by atoms with Crippen LogP contribution in [0, 0.1) is 6.92 Å². The van der Waals surface area contributed by atoms with Crippen molar-refractivity contribution in [3.63, 3.8) is 0 Å². The number of ether oxygens (including phenoxy) is 1. The summed E-state index contributed by atoms with van der Waals surface area (Å²) in [5.41, 5.74) is 2.72. The minimum Gasteiger partial charge on any atom is -0.490 e. The van der Waals surface area contributed by atoms with E-state index in [-0.39, 0.29) is 0 Å². The normalized spacial score (nSPS) is 19.4. The van der Waals surface area contributed by atoms with Gasteiger partial charge in [-0.05, 0) is 44.9 Å². The molecule has 2 nitrogen and oxygen atoms in total. The molecule has 1 aliphatic rings. The summed E-state index contributed by atoms with van der Waals surface area (Å²) in [6.45, 7) is 4.39. The summed E-state index contributed by atoms with van der Waals surface area (Å²) >= 11 is 0. The quantitative estimate of drug-likeness (QED) is 0.831. The molecule has 0 radical (unpaired) electrons. The van der Waals surface area contributed by atoms with Crippen molar-refractivity contribution in [1.82, 2.24) is 5.32 Å². The largest absolute Gasteiger partial charge is 0.490 e. The first-order chi connectivity index (χ1) is 8.72. The van der Waals surface area contributed by atoms with Gasteiger partial charge in [0.25, 0.3) is 0 Å². The van der Waals surface area contributed by atoms with Crippen LogP contribution in [0.3, 0.4) is 0 Å². The van der Waals surface area contributed by atoms with Gasteiger partial charge in [-0.25, -0.2) is 0 Å². The van der Waals surface area contributed by atoms with Crippen LogP contribution in [0.5, 0.6) is 5.75 Å². The fraction of sp³-hybridized carbons (Fsp3) is 0.625. The molecule has 1 aliphatic heterocycles. The highest BCUT2D eigenvalue weighted by Gasteiger charge is 2.23. The number of hydrogen-bond acceptors (Lipinski definition) is 2. The van der Waals surface area contributed by atoms with Gasteiger partial charge in [0.2, 0.25) is 0 Å². The zero-order valence-corrected chi connectivity index (χ0v) is 11.8. The second-order valence-electron chi connectivity index (χ2n) is 5.41. The molecule has 1 aromatic rings. The van der Waals surface area contributed by atoms with Gasteiger partial charge in [0.15, 0.2) is 0 Å². The Morgan fingerprint density at radius 2 is 2.22 bits per heavy atom. The van der Waals surface area contributed by atoms with E-state index in [9.17, 15) is 0 Å². The third kappa shape index (κ3) is 3.26. The number of rotatable bonds is 6. The molecule has 18 heavy (non-hydrogen) atoms. The zero-order chi connectivity index (χ0) is 13.0. The van der Waals surface area contributed by atoms with Gasteiger partial charge in [0.1, 0.15) is 11.9 Å². The highest BCUT2D eigenvalue weighted by Crippen LogP contribution is 2.31. The fourth-order valence-corrected chi connectivity index (χ4v) is 2.78. The van der Waals surface area contributed by atoms with Gasteiger partial charge in [-0.3, -0.25) is 0 Å². The summed E-state index contributed by atoms with van der Waals surface area (Å²) in [7, 11) is 2.06. The molecule has 1 aromatic carbocycles. The Hall–Kier alpha value is -1.02. The van der Waals surface area contributed by atoms with E-state index >= 15 is 0 Å².